The molecule has 1 fully saturated rings. The predicted molar refractivity (Wildman–Crippen MR) is 112 cm³/mol. The highest BCUT2D eigenvalue weighted by Gasteiger charge is 2.18. The summed E-state index contributed by atoms with van der Waals surface area (Å²) in [6, 6.07) is 10.6. The number of halogens is 1. The fourth-order valence-corrected chi connectivity index (χ4v) is 3.45. The number of amides is 2. The van der Waals surface area contributed by atoms with Gasteiger partial charge >= 0.3 is 5.69 Å². The second kappa shape index (κ2) is 10.1. The summed E-state index contributed by atoms with van der Waals surface area (Å²) in [5, 5.41) is 17.1. The van der Waals surface area contributed by atoms with Crippen LogP contribution in [0.3, 0.4) is 0 Å². The predicted octanol–water partition coefficient (Wildman–Crippen LogP) is 4.22. The molecule has 8 nitrogen and oxygen atoms in total. The summed E-state index contributed by atoms with van der Waals surface area (Å²) in [7, 11) is 0. The molecular formula is C21H22ClN3O5. The first-order chi connectivity index (χ1) is 14.4. The highest BCUT2D eigenvalue weighted by molar-refractivity contribution is 6.30. The van der Waals surface area contributed by atoms with Crippen molar-refractivity contribution in [3.8, 4) is 11.5 Å². The summed E-state index contributed by atoms with van der Waals surface area (Å²) < 4.78 is 5.55. The topological polar surface area (TPSA) is 111 Å². The molecule has 3 rings (SSSR count). The molecule has 9 heteroatoms. The minimum absolute atomic E-state index is 0.0508. The Morgan fingerprint density at radius 2 is 1.83 bits per heavy atom. The van der Waals surface area contributed by atoms with Crippen molar-refractivity contribution in [3.05, 3.63) is 63.2 Å². The molecule has 0 atom stereocenters. The van der Waals surface area contributed by atoms with E-state index in [4.69, 9.17) is 16.3 Å². The highest BCUT2D eigenvalue weighted by atomic mass is 35.5. The van der Waals surface area contributed by atoms with Gasteiger partial charge in [0.1, 0.15) is 5.75 Å². The summed E-state index contributed by atoms with van der Waals surface area (Å²) in [6.07, 6.45) is 4.56. The summed E-state index contributed by atoms with van der Waals surface area (Å²) in [4.78, 5) is 34.7. The smallest absolute Gasteiger partial charge is 0.313 e. The number of hydrogen-bond acceptors (Lipinski definition) is 5. The molecular weight excluding hydrogens is 410 g/mol. The lowest BCUT2D eigenvalue weighted by molar-refractivity contribution is -0.385. The van der Waals surface area contributed by atoms with E-state index in [1.54, 1.807) is 24.3 Å². The second-order valence-corrected chi connectivity index (χ2v) is 7.49. The van der Waals surface area contributed by atoms with E-state index < -0.39 is 4.92 Å². The van der Waals surface area contributed by atoms with Gasteiger partial charge in [-0.2, -0.15) is 0 Å². The molecule has 0 spiro atoms. The van der Waals surface area contributed by atoms with E-state index in [-0.39, 0.29) is 47.3 Å². The van der Waals surface area contributed by atoms with Crippen molar-refractivity contribution < 1.29 is 19.2 Å². The highest BCUT2D eigenvalue weighted by Crippen LogP contribution is 2.33. The van der Waals surface area contributed by atoms with Gasteiger partial charge in [-0.25, -0.2) is 0 Å². The molecule has 0 radical (unpaired) electrons. The van der Waals surface area contributed by atoms with Crippen LogP contribution in [0.4, 0.5) is 5.69 Å². The van der Waals surface area contributed by atoms with Crippen LogP contribution in [-0.4, -0.2) is 29.3 Å². The molecule has 1 saturated carbocycles. The maximum absolute atomic E-state index is 12.2. The van der Waals surface area contributed by atoms with Crippen molar-refractivity contribution in [2.75, 3.05) is 6.54 Å². The van der Waals surface area contributed by atoms with Gasteiger partial charge in [-0.05, 0) is 49.2 Å². The van der Waals surface area contributed by atoms with Crippen LogP contribution >= 0.6 is 11.6 Å². The number of nitrogens with one attached hydrogen (secondary N) is 2. The van der Waals surface area contributed by atoms with E-state index in [0.29, 0.717) is 11.3 Å². The molecule has 30 heavy (non-hydrogen) atoms. The van der Waals surface area contributed by atoms with Crippen molar-refractivity contribution in [2.24, 2.45) is 0 Å². The lowest BCUT2D eigenvalue weighted by Crippen LogP contribution is -2.35. The number of rotatable bonds is 8. The molecule has 1 aliphatic rings. The van der Waals surface area contributed by atoms with E-state index >= 15 is 0 Å². The van der Waals surface area contributed by atoms with E-state index in [1.165, 1.54) is 18.2 Å². The molecule has 0 saturated heterocycles. The Kier molecular flexibility index (Phi) is 7.24. The summed E-state index contributed by atoms with van der Waals surface area (Å²) in [6.45, 7) is 0.243. The van der Waals surface area contributed by atoms with Crippen LogP contribution < -0.4 is 15.4 Å². The monoisotopic (exact) mass is 431 g/mol. The Labute approximate surface area is 178 Å². The number of carbonyl (C=O) groups is 2. The molecule has 2 aromatic carbocycles. The van der Waals surface area contributed by atoms with E-state index in [9.17, 15) is 19.7 Å². The van der Waals surface area contributed by atoms with Gasteiger partial charge in [-0.15, -0.1) is 0 Å². The van der Waals surface area contributed by atoms with Crippen molar-refractivity contribution >= 4 is 29.1 Å². The molecule has 0 aromatic heterocycles. The van der Waals surface area contributed by atoms with Crippen LogP contribution in [0.15, 0.2) is 42.5 Å². The molecule has 2 amide bonds. The zero-order chi connectivity index (χ0) is 21.5. The molecule has 1 aliphatic carbocycles. The molecule has 0 bridgehead atoms. The largest absolute Gasteiger partial charge is 0.450 e. The fourth-order valence-electron chi connectivity index (χ4n) is 3.28. The van der Waals surface area contributed by atoms with Crippen LogP contribution in [0.1, 0.15) is 42.5 Å². The van der Waals surface area contributed by atoms with Gasteiger partial charge < -0.3 is 15.4 Å². The third kappa shape index (κ3) is 5.93. The minimum Gasteiger partial charge on any atom is -0.450 e. The number of nitrogens with zero attached hydrogens (tertiary/aromatic N) is 1. The Bertz CT molecular complexity index is 927. The second-order valence-electron chi connectivity index (χ2n) is 7.05. The average Bonchev–Trinajstić information content (AvgIpc) is 3.22. The van der Waals surface area contributed by atoms with Crippen LogP contribution in [0.25, 0.3) is 0 Å². The Morgan fingerprint density at radius 3 is 2.50 bits per heavy atom. The first-order valence-corrected chi connectivity index (χ1v) is 10.1. The van der Waals surface area contributed by atoms with Gasteiger partial charge in [0.25, 0.3) is 5.91 Å². The number of nitro benzene ring substituents is 1. The van der Waals surface area contributed by atoms with E-state index in [0.717, 1.165) is 25.7 Å². The van der Waals surface area contributed by atoms with Crippen LogP contribution in [0.5, 0.6) is 11.5 Å². The number of nitro groups is 1. The van der Waals surface area contributed by atoms with Gasteiger partial charge in [-0.3, -0.25) is 19.7 Å². The first-order valence-electron chi connectivity index (χ1n) is 9.72. The quantitative estimate of drug-likeness (QED) is 0.480. The van der Waals surface area contributed by atoms with Crippen molar-refractivity contribution in [2.45, 2.75) is 38.1 Å². The molecule has 2 aromatic rings. The number of ether oxygens (including phenoxy) is 1. The minimum atomic E-state index is -0.577. The van der Waals surface area contributed by atoms with E-state index in [2.05, 4.69) is 10.6 Å². The lowest BCUT2D eigenvalue weighted by atomic mass is 10.2. The Hall–Kier alpha value is -3.13. The molecule has 0 aliphatic heterocycles. The lowest BCUT2D eigenvalue weighted by Gasteiger charge is -2.12. The Balaban J connectivity index is 1.51. The van der Waals surface area contributed by atoms with Crippen molar-refractivity contribution in [3.63, 3.8) is 0 Å². The molecule has 0 heterocycles. The average molecular weight is 432 g/mol. The number of hydrogen-bond donors (Lipinski definition) is 2. The first kappa shape index (κ1) is 21.6. The third-order valence-corrected chi connectivity index (χ3v) is 5.05. The molecule has 2 N–H and O–H groups in total. The van der Waals surface area contributed by atoms with Gasteiger partial charge in [0.15, 0.2) is 0 Å². The maximum Gasteiger partial charge on any atom is 0.313 e. The summed E-state index contributed by atoms with van der Waals surface area (Å²) in [5.41, 5.74) is 0.143. The standard InChI is InChI=1S/C21H22ClN3O5/c22-15-7-10-19(18(13-15)25(28)29)30-17-8-5-14(6-9-17)21(27)23-12-11-20(26)24-16-3-1-2-4-16/h5-10,13,16H,1-4,11-12H2,(H,23,27)(H,24,26). The maximum atomic E-state index is 12.2. The van der Waals surface area contributed by atoms with E-state index in [1.807, 2.05) is 0 Å². The van der Waals surface area contributed by atoms with Gasteiger partial charge in [0.2, 0.25) is 11.7 Å². The summed E-state index contributed by atoms with van der Waals surface area (Å²) in [5.74, 6) is 0.0194. The number of benzene rings is 2. The Morgan fingerprint density at radius 1 is 1.13 bits per heavy atom. The normalized spacial score (nSPS) is 13.6. The SMILES string of the molecule is O=C(CCNC(=O)c1ccc(Oc2ccc(Cl)cc2[N+](=O)[O-])cc1)NC1CCCC1. The molecule has 0 unspecified atom stereocenters. The summed E-state index contributed by atoms with van der Waals surface area (Å²) >= 11 is 5.79. The van der Waals surface area contributed by atoms with Gasteiger partial charge in [0.05, 0.1) is 4.92 Å². The van der Waals surface area contributed by atoms with Crippen LogP contribution in [0, 0.1) is 10.1 Å². The van der Waals surface area contributed by atoms with Gasteiger partial charge in [-0.1, -0.05) is 24.4 Å². The van der Waals surface area contributed by atoms with Gasteiger partial charge in [0, 0.05) is 35.7 Å². The zero-order valence-electron chi connectivity index (χ0n) is 16.2. The fraction of sp³-hybridized carbons (Fsp3) is 0.333. The third-order valence-electron chi connectivity index (χ3n) is 4.82. The van der Waals surface area contributed by atoms with Crippen LogP contribution in [0.2, 0.25) is 5.02 Å². The van der Waals surface area contributed by atoms with Crippen LogP contribution in [-0.2, 0) is 4.79 Å². The zero-order valence-corrected chi connectivity index (χ0v) is 17.0. The molecule has 158 valence electrons. The van der Waals surface area contributed by atoms with Crippen molar-refractivity contribution in [1.29, 1.82) is 0 Å². The van der Waals surface area contributed by atoms with Crippen molar-refractivity contribution in [1.82, 2.24) is 10.6 Å². The number of carbonyl (C=O) groups excluding carboxylic acids is 2.